The molecule has 14 heavy (non-hydrogen) atoms. The molecule has 2 N–H and O–H groups in total. The van der Waals surface area contributed by atoms with Gasteiger partial charge in [-0.25, -0.2) is 0 Å². The summed E-state index contributed by atoms with van der Waals surface area (Å²) in [5.74, 6) is -0.221. The number of carbonyl (C=O) groups is 1. The molecule has 1 aliphatic heterocycles. The van der Waals surface area contributed by atoms with Crippen LogP contribution in [-0.2, 0) is 4.79 Å². The molecule has 1 rings (SSSR count). The fraction of sp³-hybridized carbons (Fsp3) is 0.900. The van der Waals surface area contributed by atoms with E-state index in [1.807, 2.05) is 11.9 Å². The summed E-state index contributed by atoms with van der Waals surface area (Å²) in [5.41, 5.74) is 5.48. The summed E-state index contributed by atoms with van der Waals surface area (Å²) in [6.45, 7) is 9.15. The third kappa shape index (κ3) is 2.45. The van der Waals surface area contributed by atoms with Crippen molar-refractivity contribution >= 4 is 5.91 Å². The average molecular weight is 199 g/mol. The highest BCUT2D eigenvalue weighted by Crippen LogP contribution is 2.18. The van der Waals surface area contributed by atoms with Gasteiger partial charge in [-0.15, -0.1) is 0 Å². The van der Waals surface area contributed by atoms with E-state index in [-0.39, 0.29) is 17.5 Å². The standard InChI is InChI=1S/C10H21N3O/c1-10(2,3)13-6-5-12(4)8(7-13)9(11)14/h8H,5-7H2,1-4H3,(H2,11,14). The van der Waals surface area contributed by atoms with E-state index in [9.17, 15) is 4.79 Å². The average Bonchev–Trinajstić information content (AvgIpc) is 2.02. The van der Waals surface area contributed by atoms with Crippen LogP contribution in [0.15, 0.2) is 0 Å². The van der Waals surface area contributed by atoms with Crippen LogP contribution in [0, 0.1) is 0 Å². The molecule has 0 radical (unpaired) electrons. The van der Waals surface area contributed by atoms with Crippen LogP contribution >= 0.6 is 0 Å². The van der Waals surface area contributed by atoms with Crippen LogP contribution < -0.4 is 5.73 Å². The van der Waals surface area contributed by atoms with E-state index in [0.29, 0.717) is 0 Å². The minimum atomic E-state index is -0.221. The molecule has 0 aromatic carbocycles. The van der Waals surface area contributed by atoms with E-state index in [1.54, 1.807) is 0 Å². The molecule has 0 bridgehead atoms. The highest BCUT2D eigenvalue weighted by atomic mass is 16.1. The second-order valence-electron chi connectivity index (χ2n) is 5.02. The predicted molar refractivity (Wildman–Crippen MR) is 56.9 cm³/mol. The quantitative estimate of drug-likeness (QED) is 0.641. The first-order valence-electron chi connectivity index (χ1n) is 5.07. The SMILES string of the molecule is CN1CCN(C(C)(C)C)CC1C(N)=O. The van der Waals surface area contributed by atoms with E-state index in [4.69, 9.17) is 5.73 Å². The van der Waals surface area contributed by atoms with Crippen LogP contribution in [0.5, 0.6) is 0 Å². The van der Waals surface area contributed by atoms with Crippen molar-refractivity contribution in [2.24, 2.45) is 5.73 Å². The Morgan fingerprint density at radius 2 is 1.93 bits per heavy atom. The number of likely N-dealkylation sites (N-methyl/N-ethyl adjacent to an activating group) is 1. The van der Waals surface area contributed by atoms with Crippen molar-refractivity contribution in [1.29, 1.82) is 0 Å². The predicted octanol–water partition coefficient (Wildman–Crippen LogP) is -0.114. The maximum atomic E-state index is 11.2. The first-order chi connectivity index (χ1) is 6.32. The third-order valence-corrected chi connectivity index (χ3v) is 2.93. The maximum absolute atomic E-state index is 11.2. The molecule has 1 aliphatic rings. The fourth-order valence-corrected chi connectivity index (χ4v) is 1.79. The van der Waals surface area contributed by atoms with Crippen LogP contribution in [0.3, 0.4) is 0 Å². The number of piperazine rings is 1. The Balaban J connectivity index is 2.67. The number of amides is 1. The van der Waals surface area contributed by atoms with Gasteiger partial charge in [-0.2, -0.15) is 0 Å². The number of primary amides is 1. The molecular formula is C10H21N3O. The molecule has 1 saturated heterocycles. The molecule has 1 fully saturated rings. The zero-order chi connectivity index (χ0) is 10.9. The highest BCUT2D eigenvalue weighted by Gasteiger charge is 2.33. The Hall–Kier alpha value is -0.610. The highest BCUT2D eigenvalue weighted by molar-refractivity contribution is 5.80. The van der Waals surface area contributed by atoms with Gasteiger partial charge in [0, 0.05) is 25.2 Å². The van der Waals surface area contributed by atoms with Crippen LogP contribution in [0.1, 0.15) is 20.8 Å². The Morgan fingerprint density at radius 1 is 1.36 bits per heavy atom. The van der Waals surface area contributed by atoms with Gasteiger partial charge in [-0.1, -0.05) is 0 Å². The van der Waals surface area contributed by atoms with Crippen molar-refractivity contribution in [1.82, 2.24) is 9.80 Å². The Kier molecular flexibility index (Phi) is 3.17. The summed E-state index contributed by atoms with van der Waals surface area (Å²) < 4.78 is 0. The third-order valence-electron chi connectivity index (χ3n) is 2.93. The number of nitrogens with two attached hydrogens (primary N) is 1. The largest absolute Gasteiger partial charge is 0.368 e. The van der Waals surface area contributed by atoms with Gasteiger partial charge < -0.3 is 5.73 Å². The van der Waals surface area contributed by atoms with Crippen molar-refractivity contribution in [2.75, 3.05) is 26.7 Å². The molecule has 4 heteroatoms. The minimum absolute atomic E-state index is 0.120. The summed E-state index contributed by atoms with van der Waals surface area (Å²) in [6.07, 6.45) is 0. The van der Waals surface area contributed by atoms with Gasteiger partial charge in [0.05, 0.1) is 0 Å². The number of hydrogen-bond acceptors (Lipinski definition) is 3. The normalized spacial score (nSPS) is 26.4. The lowest BCUT2D eigenvalue weighted by Crippen LogP contribution is -2.60. The molecule has 1 unspecified atom stereocenters. The van der Waals surface area contributed by atoms with Gasteiger partial charge >= 0.3 is 0 Å². The van der Waals surface area contributed by atoms with Crippen molar-refractivity contribution in [3.8, 4) is 0 Å². The van der Waals surface area contributed by atoms with E-state index in [0.717, 1.165) is 19.6 Å². The number of hydrogen-bond donors (Lipinski definition) is 1. The smallest absolute Gasteiger partial charge is 0.236 e. The van der Waals surface area contributed by atoms with Crippen LogP contribution in [0.4, 0.5) is 0 Å². The van der Waals surface area contributed by atoms with Gasteiger partial charge in [0.15, 0.2) is 0 Å². The summed E-state index contributed by atoms with van der Waals surface area (Å²) in [4.78, 5) is 15.5. The van der Waals surface area contributed by atoms with Crippen LogP contribution in [0.2, 0.25) is 0 Å². The van der Waals surface area contributed by atoms with Crippen molar-refractivity contribution in [2.45, 2.75) is 32.4 Å². The lowest BCUT2D eigenvalue weighted by Gasteiger charge is -2.44. The van der Waals surface area contributed by atoms with Crippen LogP contribution in [-0.4, -0.2) is 54.0 Å². The molecule has 0 aliphatic carbocycles. The Labute approximate surface area is 86.0 Å². The molecule has 1 heterocycles. The zero-order valence-electron chi connectivity index (χ0n) is 9.58. The Bertz CT molecular complexity index is 222. The van der Waals surface area contributed by atoms with E-state index in [1.165, 1.54) is 0 Å². The summed E-state index contributed by atoms with van der Waals surface area (Å²) in [6, 6.07) is -0.136. The number of nitrogens with zero attached hydrogens (tertiary/aromatic N) is 2. The molecule has 0 spiro atoms. The van der Waals surface area contributed by atoms with E-state index < -0.39 is 0 Å². The first kappa shape index (κ1) is 11.5. The molecule has 1 atom stereocenters. The number of rotatable bonds is 1. The van der Waals surface area contributed by atoms with Gasteiger partial charge in [0.2, 0.25) is 5.91 Å². The van der Waals surface area contributed by atoms with Gasteiger partial charge in [-0.3, -0.25) is 14.6 Å². The summed E-state index contributed by atoms with van der Waals surface area (Å²) in [5, 5.41) is 0. The molecule has 0 saturated carbocycles. The minimum Gasteiger partial charge on any atom is -0.368 e. The summed E-state index contributed by atoms with van der Waals surface area (Å²) >= 11 is 0. The second-order valence-corrected chi connectivity index (χ2v) is 5.02. The molecule has 0 aromatic rings. The maximum Gasteiger partial charge on any atom is 0.236 e. The first-order valence-corrected chi connectivity index (χ1v) is 5.07. The molecular weight excluding hydrogens is 178 g/mol. The topological polar surface area (TPSA) is 49.6 Å². The monoisotopic (exact) mass is 199 g/mol. The van der Waals surface area contributed by atoms with Crippen molar-refractivity contribution < 1.29 is 4.79 Å². The van der Waals surface area contributed by atoms with Gasteiger partial charge in [-0.05, 0) is 27.8 Å². The Morgan fingerprint density at radius 3 is 2.36 bits per heavy atom. The molecule has 82 valence electrons. The lowest BCUT2D eigenvalue weighted by molar-refractivity contribution is -0.125. The molecule has 0 aromatic heterocycles. The van der Waals surface area contributed by atoms with E-state index in [2.05, 4.69) is 25.7 Å². The van der Waals surface area contributed by atoms with Crippen molar-refractivity contribution in [3.63, 3.8) is 0 Å². The summed E-state index contributed by atoms with van der Waals surface area (Å²) in [7, 11) is 1.95. The number of carbonyl (C=O) groups excluding carboxylic acids is 1. The molecule has 4 nitrogen and oxygen atoms in total. The van der Waals surface area contributed by atoms with Gasteiger partial charge in [0.25, 0.3) is 0 Å². The lowest BCUT2D eigenvalue weighted by atomic mass is 10.0. The van der Waals surface area contributed by atoms with Crippen molar-refractivity contribution in [3.05, 3.63) is 0 Å². The van der Waals surface area contributed by atoms with E-state index >= 15 is 0 Å². The zero-order valence-corrected chi connectivity index (χ0v) is 9.58. The second kappa shape index (κ2) is 3.87. The van der Waals surface area contributed by atoms with Gasteiger partial charge in [0.1, 0.15) is 6.04 Å². The van der Waals surface area contributed by atoms with Crippen LogP contribution in [0.25, 0.3) is 0 Å². The molecule has 1 amide bonds. The fourth-order valence-electron chi connectivity index (χ4n) is 1.79.